The molecule has 0 saturated carbocycles. The van der Waals surface area contributed by atoms with E-state index in [0.717, 1.165) is 5.69 Å². The molecule has 0 radical (unpaired) electrons. The molecule has 2 heterocycles. The summed E-state index contributed by atoms with van der Waals surface area (Å²) in [6, 6.07) is 6.03. The van der Waals surface area contributed by atoms with Crippen molar-refractivity contribution in [2.24, 2.45) is 0 Å². The lowest BCUT2D eigenvalue weighted by Gasteiger charge is -2.04. The summed E-state index contributed by atoms with van der Waals surface area (Å²) in [6.45, 7) is 1.83. The molecule has 6 heteroatoms. The van der Waals surface area contributed by atoms with Crippen molar-refractivity contribution in [2.45, 2.75) is 6.92 Å². The molecule has 1 amide bonds. The summed E-state index contributed by atoms with van der Waals surface area (Å²) in [4.78, 5) is 26.5. The Labute approximate surface area is 96.7 Å². The Morgan fingerprint density at radius 3 is 2.82 bits per heavy atom. The third-order valence-corrected chi connectivity index (χ3v) is 2.07. The van der Waals surface area contributed by atoms with E-state index in [1.54, 1.807) is 18.3 Å². The van der Waals surface area contributed by atoms with Gasteiger partial charge in [0.2, 0.25) is 0 Å². The molecular weight excluding hydrogens is 220 g/mol. The van der Waals surface area contributed by atoms with E-state index in [0.29, 0.717) is 5.69 Å². The van der Waals surface area contributed by atoms with Crippen LogP contribution in [0.25, 0.3) is 0 Å². The van der Waals surface area contributed by atoms with Crippen LogP contribution in [0.4, 0.5) is 5.69 Å². The maximum absolute atomic E-state index is 11.7. The molecule has 2 N–H and O–H groups in total. The van der Waals surface area contributed by atoms with Gasteiger partial charge in [-0.1, -0.05) is 0 Å². The Bertz CT molecular complexity index is 586. The number of amides is 1. The second-order valence-electron chi connectivity index (χ2n) is 3.45. The van der Waals surface area contributed by atoms with Gasteiger partial charge in [-0.15, -0.1) is 0 Å². The summed E-state index contributed by atoms with van der Waals surface area (Å²) in [7, 11) is 0. The molecule has 86 valence electrons. The van der Waals surface area contributed by atoms with Crippen molar-refractivity contribution in [3.63, 3.8) is 0 Å². The smallest absolute Gasteiger partial charge is 0.276 e. The molecule has 0 bridgehead atoms. The quantitative estimate of drug-likeness (QED) is 0.795. The van der Waals surface area contributed by atoms with Gasteiger partial charge in [0.25, 0.3) is 11.5 Å². The van der Waals surface area contributed by atoms with Gasteiger partial charge in [0.15, 0.2) is 0 Å². The zero-order valence-electron chi connectivity index (χ0n) is 9.10. The number of anilines is 1. The van der Waals surface area contributed by atoms with Crippen molar-refractivity contribution in [3.8, 4) is 0 Å². The van der Waals surface area contributed by atoms with E-state index in [4.69, 9.17) is 0 Å². The molecule has 2 rings (SSSR count). The molecule has 0 fully saturated rings. The van der Waals surface area contributed by atoms with Crippen LogP contribution in [-0.4, -0.2) is 21.1 Å². The van der Waals surface area contributed by atoms with Crippen molar-refractivity contribution in [1.82, 2.24) is 15.2 Å². The Balaban J connectivity index is 2.17. The first-order valence-electron chi connectivity index (χ1n) is 4.95. The molecule has 0 atom stereocenters. The van der Waals surface area contributed by atoms with Crippen LogP contribution in [0, 0.1) is 6.92 Å². The van der Waals surface area contributed by atoms with E-state index in [1.165, 1.54) is 12.1 Å². The van der Waals surface area contributed by atoms with Crippen LogP contribution in [0.15, 0.2) is 35.3 Å². The number of aromatic nitrogens is 3. The van der Waals surface area contributed by atoms with Gasteiger partial charge in [-0.25, -0.2) is 5.10 Å². The monoisotopic (exact) mass is 230 g/mol. The minimum absolute atomic E-state index is 0.152. The highest BCUT2D eigenvalue weighted by Gasteiger charge is 2.07. The van der Waals surface area contributed by atoms with Crippen molar-refractivity contribution >= 4 is 11.6 Å². The molecule has 0 aliphatic carbocycles. The van der Waals surface area contributed by atoms with Crippen LogP contribution >= 0.6 is 0 Å². The highest BCUT2D eigenvalue weighted by molar-refractivity contribution is 6.02. The molecule has 0 unspecified atom stereocenters. The van der Waals surface area contributed by atoms with Gasteiger partial charge in [0.1, 0.15) is 5.69 Å². The average molecular weight is 230 g/mol. The van der Waals surface area contributed by atoms with E-state index in [2.05, 4.69) is 20.5 Å². The predicted molar refractivity (Wildman–Crippen MR) is 61.8 cm³/mol. The fourth-order valence-corrected chi connectivity index (χ4v) is 1.29. The summed E-state index contributed by atoms with van der Waals surface area (Å²) < 4.78 is 0. The largest absolute Gasteiger partial charge is 0.320 e. The highest BCUT2D eigenvalue weighted by Crippen LogP contribution is 2.08. The van der Waals surface area contributed by atoms with Gasteiger partial charge >= 0.3 is 0 Å². The SMILES string of the molecule is Cc1cc(NC(=O)c2ccc(=O)[nH]n2)ccn1. The molecule has 17 heavy (non-hydrogen) atoms. The van der Waals surface area contributed by atoms with Gasteiger partial charge in [-0.3, -0.25) is 14.6 Å². The first kappa shape index (κ1) is 11.0. The van der Waals surface area contributed by atoms with Gasteiger partial charge < -0.3 is 5.32 Å². The molecular formula is C11H10N4O2. The van der Waals surface area contributed by atoms with E-state index in [1.807, 2.05) is 6.92 Å². The minimum atomic E-state index is -0.383. The lowest BCUT2D eigenvalue weighted by molar-refractivity contribution is 0.102. The summed E-state index contributed by atoms with van der Waals surface area (Å²) in [5.41, 5.74) is 1.24. The second kappa shape index (κ2) is 4.56. The molecule has 0 aromatic carbocycles. The summed E-state index contributed by atoms with van der Waals surface area (Å²) in [6.07, 6.45) is 1.60. The van der Waals surface area contributed by atoms with Gasteiger partial charge in [0, 0.05) is 23.6 Å². The standard InChI is InChI=1S/C11H10N4O2/c1-7-6-8(4-5-12-7)13-11(17)9-2-3-10(16)15-14-9/h2-6H,1H3,(H,15,16)(H,12,13,17). The molecule has 2 aromatic heterocycles. The van der Waals surface area contributed by atoms with Crippen molar-refractivity contribution < 1.29 is 4.79 Å². The van der Waals surface area contributed by atoms with E-state index < -0.39 is 0 Å². The number of hydrogen-bond acceptors (Lipinski definition) is 4. The zero-order chi connectivity index (χ0) is 12.3. The van der Waals surface area contributed by atoms with Crippen LogP contribution in [0.3, 0.4) is 0 Å². The number of hydrogen-bond donors (Lipinski definition) is 2. The Morgan fingerprint density at radius 1 is 1.35 bits per heavy atom. The van der Waals surface area contributed by atoms with E-state index in [9.17, 15) is 9.59 Å². The maximum Gasteiger partial charge on any atom is 0.276 e. The summed E-state index contributed by atoms with van der Waals surface area (Å²) in [5, 5.41) is 8.49. The number of carbonyl (C=O) groups excluding carboxylic acids is 1. The number of H-pyrrole nitrogens is 1. The molecule has 2 aromatic rings. The third-order valence-electron chi connectivity index (χ3n) is 2.07. The second-order valence-corrected chi connectivity index (χ2v) is 3.45. The lowest BCUT2D eigenvalue weighted by Crippen LogP contribution is -2.17. The van der Waals surface area contributed by atoms with Crippen LogP contribution < -0.4 is 10.9 Å². The molecule has 0 aliphatic heterocycles. The zero-order valence-corrected chi connectivity index (χ0v) is 9.10. The Kier molecular flexibility index (Phi) is 2.95. The number of pyridine rings is 1. The minimum Gasteiger partial charge on any atom is -0.320 e. The Morgan fingerprint density at radius 2 is 2.18 bits per heavy atom. The number of aryl methyl sites for hydroxylation is 1. The molecule has 6 nitrogen and oxygen atoms in total. The number of rotatable bonds is 2. The van der Waals surface area contributed by atoms with E-state index >= 15 is 0 Å². The summed E-state index contributed by atoms with van der Waals surface area (Å²) in [5.74, 6) is -0.383. The van der Waals surface area contributed by atoms with Crippen LogP contribution in [0.5, 0.6) is 0 Å². The van der Waals surface area contributed by atoms with Crippen LogP contribution in [-0.2, 0) is 0 Å². The van der Waals surface area contributed by atoms with Gasteiger partial charge in [-0.05, 0) is 25.1 Å². The Hall–Kier alpha value is -2.50. The number of nitrogens with one attached hydrogen (secondary N) is 2. The van der Waals surface area contributed by atoms with Crippen molar-refractivity contribution in [1.29, 1.82) is 0 Å². The van der Waals surface area contributed by atoms with Crippen LogP contribution in [0.2, 0.25) is 0 Å². The fourth-order valence-electron chi connectivity index (χ4n) is 1.29. The molecule has 0 spiro atoms. The maximum atomic E-state index is 11.7. The van der Waals surface area contributed by atoms with E-state index in [-0.39, 0.29) is 17.2 Å². The predicted octanol–water partition coefficient (Wildman–Crippen LogP) is 0.726. The summed E-state index contributed by atoms with van der Waals surface area (Å²) >= 11 is 0. The number of nitrogens with zero attached hydrogens (tertiary/aromatic N) is 2. The highest BCUT2D eigenvalue weighted by atomic mass is 16.2. The topological polar surface area (TPSA) is 87.7 Å². The normalized spacial score (nSPS) is 9.94. The van der Waals surface area contributed by atoms with Crippen molar-refractivity contribution in [2.75, 3.05) is 5.32 Å². The average Bonchev–Trinajstić information content (AvgIpc) is 2.29. The van der Waals surface area contributed by atoms with Crippen LogP contribution in [0.1, 0.15) is 16.2 Å². The first-order valence-corrected chi connectivity index (χ1v) is 4.95. The molecule has 0 saturated heterocycles. The fraction of sp³-hybridized carbons (Fsp3) is 0.0909. The third kappa shape index (κ3) is 2.75. The lowest BCUT2D eigenvalue weighted by atomic mass is 10.3. The molecule has 0 aliphatic rings. The van der Waals surface area contributed by atoms with Gasteiger partial charge in [-0.2, -0.15) is 5.10 Å². The number of aromatic amines is 1. The number of carbonyl (C=O) groups is 1. The van der Waals surface area contributed by atoms with Crippen molar-refractivity contribution in [3.05, 3.63) is 52.2 Å². The first-order chi connectivity index (χ1) is 8.15. The van der Waals surface area contributed by atoms with Gasteiger partial charge in [0.05, 0.1) is 0 Å².